The minimum Gasteiger partial charge on any atom is -0.317 e. The number of fused-ring (bicyclic) bond motifs is 2. The van der Waals surface area contributed by atoms with Crippen LogP contribution in [0.1, 0.15) is 15.5 Å². The van der Waals surface area contributed by atoms with Crippen LogP contribution in [-0.2, 0) is 6.18 Å². The van der Waals surface area contributed by atoms with Crippen LogP contribution in [0.4, 0.5) is 29.7 Å². The summed E-state index contributed by atoms with van der Waals surface area (Å²) < 4.78 is 38.5. The van der Waals surface area contributed by atoms with Crippen LogP contribution in [0.15, 0.2) is 6.20 Å². The van der Waals surface area contributed by atoms with E-state index in [0.29, 0.717) is 17.0 Å². The van der Waals surface area contributed by atoms with Crippen molar-refractivity contribution in [3.8, 4) is 0 Å². The van der Waals surface area contributed by atoms with Gasteiger partial charge in [-0.05, 0) is 11.6 Å². The van der Waals surface area contributed by atoms with E-state index in [1.807, 2.05) is 0 Å². The Hall–Kier alpha value is -1.94. The smallest absolute Gasteiger partial charge is 0.317 e. The van der Waals surface area contributed by atoms with E-state index in [9.17, 15) is 18.0 Å². The van der Waals surface area contributed by atoms with Crippen LogP contribution >= 0.6 is 22.9 Å². The number of alkyl halides is 3. The van der Waals surface area contributed by atoms with E-state index >= 15 is 0 Å². The molecule has 0 N–H and O–H groups in total. The lowest BCUT2D eigenvalue weighted by atomic mass is 10.4. The molecule has 1 amide bonds. The van der Waals surface area contributed by atoms with Crippen molar-refractivity contribution in [2.24, 2.45) is 0 Å². The van der Waals surface area contributed by atoms with Gasteiger partial charge in [-0.2, -0.15) is 18.2 Å². The van der Waals surface area contributed by atoms with Crippen LogP contribution in [0, 0.1) is 0 Å². The Morgan fingerprint density at radius 1 is 1.23 bits per heavy atom. The van der Waals surface area contributed by atoms with E-state index in [4.69, 9.17) is 11.6 Å². The molecule has 2 aromatic heterocycles. The number of hydrogen-bond acceptors (Lipinski definition) is 6. The van der Waals surface area contributed by atoms with E-state index < -0.39 is 17.1 Å². The van der Waals surface area contributed by atoms with Crippen LogP contribution in [-0.4, -0.2) is 35.0 Å². The van der Waals surface area contributed by atoms with Crippen molar-refractivity contribution in [3.05, 3.63) is 22.2 Å². The molecule has 3 rings (SSSR count). The molecule has 0 spiro atoms. The molecule has 0 saturated heterocycles. The molecule has 0 fully saturated rings. The van der Waals surface area contributed by atoms with Crippen LogP contribution in [0.3, 0.4) is 0 Å². The maximum absolute atomic E-state index is 12.8. The van der Waals surface area contributed by atoms with Gasteiger partial charge < -0.3 is 9.80 Å². The molecule has 11 heteroatoms. The lowest BCUT2D eigenvalue weighted by Crippen LogP contribution is -2.26. The maximum Gasteiger partial charge on any atom is 0.443 e. The standard InChI is InChI=1S/C11H7ClF3N5OS/c1-19-4-3-16-10(12)18-6(4)20(2)8-5(7(19)21)17-9(22-8)11(13,14)15/h3H,1-2H3. The minimum atomic E-state index is -4.62. The van der Waals surface area contributed by atoms with E-state index in [-0.39, 0.29) is 21.8 Å². The van der Waals surface area contributed by atoms with Crippen LogP contribution in [0.25, 0.3) is 0 Å². The number of hydrogen-bond donors (Lipinski definition) is 0. The number of anilines is 3. The summed E-state index contributed by atoms with van der Waals surface area (Å²) in [7, 11) is 2.90. The number of amides is 1. The predicted octanol–water partition coefficient (Wildman–Crippen LogP) is 2.96. The first-order chi connectivity index (χ1) is 10.2. The third-order valence-corrected chi connectivity index (χ3v) is 4.42. The number of rotatable bonds is 0. The van der Waals surface area contributed by atoms with E-state index in [1.165, 1.54) is 25.2 Å². The number of nitrogens with zero attached hydrogens (tertiary/aromatic N) is 5. The van der Waals surface area contributed by atoms with Crippen molar-refractivity contribution in [3.63, 3.8) is 0 Å². The zero-order valence-corrected chi connectivity index (χ0v) is 12.7. The van der Waals surface area contributed by atoms with Crippen molar-refractivity contribution in [2.45, 2.75) is 6.18 Å². The molecule has 0 saturated carbocycles. The molecule has 116 valence electrons. The summed E-state index contributed by atoms with van der Waals surface area (Å²) >= 11 is 6.12. The molecule has 22 heavy (non-hydrogen) atoms. The Balaban J connectivity index is 2.25. The highest BCUT2D eigenvalue weighted by atomic mass is 35.5. The zero-order valence-electron chi connectivity index (χ0n) is 11.1. The summed E-state index contributed by atoms with van der Waals surface area (Å²) in [6.45, 7) is 0. The minimum absolute atomic E-state index is 0.0534. The fraction of sp³-hybridized carbons (Fsp3) is 0.273. The molecule has 2 aromatic rings. The predicted molar refractivity (Wildman–Crippen MR) is 75.0 cm³/mol. The topological polar surface area (TPSA) is 62.2 Å². The first-order valence-electron chi connectivity index (χ1n) is 5.82. The Kier molecular flexibility index (Phi) is 3.25. The third-order valence-electron chi connectivity index (χ3n) is 3.06. The number of thiazole rings is 1. The SMILES string of the molecule is CN1C(=O)c2nc(C(F)(F)F)sc2N(C)c2nc(Cl)ncc21. The number of carbonyl (C=O) groups is 1. The van der Waals surface area contributed by atoms with E-state index in [2.05, 4.69) is 15.0 Å². The molecule has 0 atom stereocenters. The van der Waals surface area contributed by atoms with Crippen molar-refractivity contribution in [1.29, 1.82) is 0 Å². The van der Waals surface area contributed by atoms with Gasteiger partial charge in [-0.3, -0.25) is 4.79 Å². The molecule has 0 unspecified atom stereocenters. The molecule has 1 aliphatic rings. The van der Waals surface area contributed by atoms with Crippen molar-refractivity contribution >= 4 is 45.4 Å². The first kappa shape index (κ1) is 15.0. The zero-order chi connectivity index (χ0) is 16.2. The lowest BCUT2D eigenvalue weighted by Gasteiger charge is -2.19. The summed E-state index contributed by atoms with van der Waals surface area (Å²) in [6, 6.07) is 0. The van der Waals surface area contributed by atoms with Crippen LogP contribution in [0.5, 0.6) is 0 Å². The first-order valence-corrected chi connectivity index (χ1v) is 7.02. The molecule has 0 bridgehead atoms. The van der Waals surface area contributed by atoms with E-state index in [1.54, 1.807) is 0 Å². The van der Waals surface area contributed by atoms with Gasteiger partial charge in [0.25, 0.3) is 5.91 Å². The fourth-order valence-corrected chi connectivity index (χ4v) is 3.01. The average molecular weight is 350 g/mol. The Labute approximate surface area is 131 Å². The molecular formula is C11H7ClF3N5OS. The number of halogens is 4. The maximum atomic E-state index is 12.8. The fourth-order valence-electron chi connectivity index (χ4n) is 1.99. The Morgan fingerprint density at radius 2 is 1.91 bits per heavy atom. The van der Waals surface area contributed by atoms with Crippen molar-refractivity contribution < 1.29 is 18.0 Å². The summed E-state index contributed by atoms with van der Waals surface area (Å²) in [6.07, 6.45) is -3.29. The van der Waals surface area contributed by atoms with Gasteiger partial charge in [-0.15, -0.1) is 0 Å². The Bertz CT molecular complexity index is 778. The second kappa shape index (κ2) is 4.78. The summed E-state index contributed by atoms with van der Waals surface area (Å²) in [5.41, 5.74) is 0.0482. The summed E-state index contributed by atoms with van der Waals surface area (Å²) in [5.74, 6) is -0.440. The number of carbonyl (C=O) groups excluding carboxylic acids is 1. The average Bonchev–Trinajstić information content (AvgIpc) is 2.87. The van der Waals surface area contributed by atoms with E-state index in [0.717, 1.165) is 4.90 Å². The quantitative estimate of drug-likeness (QED) is 0.684. The second-order valence-corrected chi connectivity index (χ2v) is 5.76. The van der Waals surface area contributed by atoms with Gasteiger partial charge >= 0.3 is 6.18 Å². The third kappa shape index (κ3) is 2.18. The molecular weight excluding hydrogens is 343 g/mol. The normalized spacial score (nSPS) is 14.7. The molecule has 0 radical (unpaired) electrons. The highest BCUT2D eigenvalue weighted by Gasteiger charge is 2.40. The Morgan fingerprint density at radius 3 is 2.55 bits per heavy atom. The van der Waals surface area contributed by atoms with Gasteiger partial charge in [0.2, 0.25) is 10.3 Å². The molecule has 0 aromatic carbocycles. The monoisotopic (exact) mass is 349 g/mol. The number of aromatic nitrogens is 3. The van der Waals surface area contributed by atoms with Gasteiger partial charge in [0.15, 0.2) is 11.5 Å². The van der Waals surface area contributed by atoms with Gasteiger partial charge in [-0.1, -0.05) is 11.3 Å². The largest absolute Gasteiger partial charge is 0.443 e. The van der Waals surface area contributed by atoms with Crippen molar-refractivity contribution in [2.75, 3.05) is 23.9 Å². The summed E-state index contributed by atoms with van der Waals surface area (Å²) in [4.78, 5) is 26.1. The van der Waals surface area contributed by atoms with Crippen LogP contribution < -0.4 is 9.80 Å². The molecule has 6 nitrogen and oxygen atoms in total. The van der Waals surface area contributed by atoms with Crippen LogP contribution in [0.2, 0.25) is 5.28 Å². The molecule has 3 heterocycles. The van der Waals surface area contributed by atoms with Gasteiger partial charge in [0.05, 0.1) is 6.20 Å². The highest BCUT2D eigenvalue weighted by molar-refractivity contribution is 7.16. The molecule has 0 aliphatic carbocycles. The highest BCUT2D eigenvalue weighted by Crippen LogP contribution is 2.44. The van der Waals surface area contributed by atoms with Gasteiger partial charge in [0, 0.05) is 14.1 Å². The van der Waals surface area contributed by atoms with Crippen molar-refractivity contribution in [1.82, 2.24) is 15.0 Å². The summed E-state index contributed by atoms with van der Waals surface area (Å²) in [5, 5.41) is -1.11. The second-order valence-electron chi connectivity index (χ2n) is 4.44. The van der Waals surface area contributed by atoms with Gasteiger partial charge in [0.1, 0.15) is 10.7 Å². The van der Waals surface area contributed by atoms with Gasteiger partial charge in [-0.25, -0.2) is 9.97 Å². The molecule has 1 aliphatic heterocycles. The lowest BCUT2D eigenvalue weighted by molar-refractivity contribution is -0.137.